The number of amides is 2. The Balaban J connectivity index is 1.53. The number of halogens is 3. The Hall–Kier alpha value is -3.29. The van der Waals surface area contributed by atoms with Crippen LogP contribution < -0.4 is 15.4 Å². The molecule has 3 aromatic rings. The third-order valence-electron chi connectivity index (χ3n) is 4.61. The van der Waals surface area contributed by atoms with E-state index in [-0.39, 0.29) is 12.4 Å². The molecule has 0 saturated heterocycles. The molecule has 1 aromatic heterocycles. The molecule has 144 valence electrons. The molecule has 2 N–H and O–H groups in total. The number of pyridine rings is 1. The molecule has 28 heavy (non-hydrogen) atoms. The molecule has 0 spiro atoms. The number of alkyl halides is 3. The summed E-state index contributed by atoms with van der Waals surface area (Å²) in [5.41, 5.74) is 0.370. The van der Waals surface area contributed by atoms with E-state index in [0.717, 1.165) is 22.9 Å². The number of rotatable bonds is 2. The van der Waals surface area contributed by atoms with Crippen LogP contribution in [0.2, 0.25) is 0 Å². The molecule has 8 heteroatoms. The average molecular weight is 387 g/mol. The fraction of sp³-hybridized carbons (Fsp3) is 0.200. The number of benzene rings is 2. The maximum atomic E-state index is 12.9. The van der Waals surface area contributed by atoms with Gasteiger partial charge in [0.1, 0.15) is 5.75 Å². The lowest BCUT2D eigenvalue weighted by molar-refractivity contribution is -0.137. The first-order valence-corrected chi connectivity index (χ1v) is 8.66. The van der Waals surface area contributed by atoms with Crippen LogP contribution in [0.15, 0.2) is 54.9 Å². The molecule has 2 aromatic carbocycles. The van der Waals surface area contributed by atoms with Crippen LogP contribution in [0, 0.1) is 0 Å². The van der Waals surface area contributed by atoms with Crippen molar-refractivity contribution in [3.63, 3.8) is 0 Å². The Labute approximate surface area is 158 Å². The number of nitrogens with zero attached hydrogens (tertiary/aromatic N) is 1. The highest BCUT2D eigenvalue weighted by atomic mass is 19.4. The molecule has 5 nitrogen and oxygen atoms in total. The number of hydrogen-bond acceptors (Lipinski definition) is 3. The van der Waals surface area contributed by atoms with E-state index in [4.69, 9.17) is 4.74 Å². The van der Waals surface area contributed by atoms with Gasteiger partial charge in [-0.25, -0.2) is 4.79 Å². The van der Waals surface area contributed by atoms with E-state index in [9.17, 15) is 18.0 Å². The van der Waals surface area contributed by atoms with E-state index in [1.165, 1.54) is 6.07 Å². The maximum Gasteiger partial charge on any atom is 0.416 e. The predicted molar refractivity (Wildman–Crippen MR) is 98.2 cm³/mol. The number of anilines is 1. The summed E-state index contributed by atoms with van der Waals surface area (Å²) in [4.78, 5) is 16.6. The van der Waals surface area contributed by atoms with Gasteiger partial charge in [-0.05, 0) is 24.3 Å². The van der Waals surface area contributed by atoms with Crippen molar-refractivity contribution in [1.82, 2.24) is 10.3 Å². The number of fused-ring (bicyclic) bond motifs is 2. The predicted octanol–water partition coefficient (Wildman–Crippen LogP) is 4.90. The lowest BCUT2D eigenvalue weighted by Gasteiger charge is -2.27. The molecular weight excluding hydrogens is 371 g/mol. The Kier molecular flexibility index (Phi) is 4.54. The Bertz CT molecular complexity index is 1030. The Morgan fingerprint density at radius 2 is 2.04 bits per heavy atom. The van der Waals surface area contributed by atoms with Crippen LogP contribution in [0.3, 0.4) is 0 Å². The van der Waals surface area contributed by atoms with Crippen LogP contribution in [0.25, 0.3) is 10.8 Å². The van der Waals surface area contributed by atoms with Gasteiger partial charge in [-0.1, -0.05) is 18.2 Å². The van der Waals surface area contributed by atoms with Crippen molar-refractivity contribution in [2.45, 2.75) is 18.6 Å². The maximum absolute atomic E-state index is 12.9. The highest BCUT2D eigenvalue weighted by Gasteiger charge is 2.33. The summed E-state index contributed by atoms with van der Waals surface area (Å²) in [6.07, 6.45) is -0.644. The number of ether oxygens (including phenoxy) is 1. The molecular formula is C20H16F3N3O2. The molecule has 1 aliphatic rings. The largest absolute Gasteiger partial charge is 0.493 e. The van der Waals surface area contributed by atoms with Gasteiger partial charge in [0.25, 0.3) is 0 Å². The van der Waals surface area contributed by atoms with Gasteiger partial charge in [0.2, 0.25) is 0 Å². The second kappa shape index (κ2) is 7.03. The summed E-state index contributed by atoms with van der Waals surface area (Å²) in [6, 6.07) is 9.70. The fourth-order valence-corrected chi connectivity index (χ4v) is 3.26. The summed E-state index contributed by atoms with van der Waals surface area (Å²) < 4.78 is 44.1. The van der Waals surface area contributed by atoms with Crippen LogP contribution in [-0.4, -0.2) is 17.6 Å². The standard InChI is InChI=1S/C20H16F3N3O2/c21-20(22,23)13-4-5-15-17(7-9-28-18(15)10-13)26-19(27)25-16-3-1-2-12-11-24-8-6-14(12)16/h1-6,8,10-11,17H,7,9H2,(H2,25,26,27). The van der Waals surface area contributed by atoms with Crippen LogP contribution in [-0.2, 0) is 6.18 Å². The molecule has 1 atom stereocenters. The molecule has 0 bridgehead atoms. The van der Waals surface area contributed by atoms with Crippen LogP contribution in [0.1, 0.15) is 23.6 Å². The van der Waals surface area contributed by atoms with E-state index < -0.39 is 23.8 Å². The second-order valence-electron chi connectivity index (χ2n) is 6.44. The fourth-order valence-electron chi connectivity index (χ4n) is 3.26. The number of urea groups is 1. The van der Waals surface area contributed by atoms with Gasteiger partial charge in [-0.3, -0.25) is 4.98 Å². The van der Waals surface area contributed by atoms with Crippen molar-refractivity contribution in [3.8, 4) is 5.75 Å². The van der Waals surface area contributed by atoms with Crippen LogP contribution >= 0.6 is 0 Å². The molecule has 4 rings (SSSR count). The minimum absolute atomic E-state index is 0.141. The van der Waals surface area contributed by atoms with Crippen molar-refractivity contribution in [1.29, 1.82) is 0 Å². The molecule has 2 amide bonds. The van der Waals surface area contributed by atoms with Gasteiger partial charge in [-0.15, -0.1) is 0 Å². The zero-order chi connectivity index (χ0) is 19.7. The first kappa shape index (κ1) is 18.1. The van der Waals surface area contributed by atoms with E-state index in [0.29, 0.717) is 17.7 Å². The minimum Gasteiger partial charge on any atom is -0.493 e. The average Bonchev–Trinajstić information content (AvgIpc) is 2.67. The number of carbonyl (C=O) groups excluding carboxylic acids is 1. The number of hydrogen-bond donors (Lipinski definition) is 2. The zero-order valence-corrected chi connectivity index (χ0v) is 14.6. The minimum atomic E-state index is -4.45. The van der Waals surface area contributed by atoms with Crippen LogP contribution in [0.4, 0.5) is 23.7 Å². The summed E-state index contributed by atoms with van der Waals surface area (Å²) in [5.74, 6) is 0.141. The SMILES string of the molecule is O=C(Nc1cccc2cnccc12)NC1CCOc2cc(C(F)(F)F)ccc21. The monoisotopic (exact) mass is 387 g/mol. The first-order valence-electron chi connectivity index (χ1n) is 8.66. The van der Waals surface area contributed by atoms with E-state index in [2.05, 4.69) is 15.6 Å². The number of aromatic nitrogens is 1. The van der Waals surface area contributed by atoms with Crippen molar-refractivity contribution in [2.75, 3.05) is 11.9 Å². The van der Waals surface area contributed by atoms with Crippen molar-refractivity contribution >= 4 is 22.5 Å². The lowest BCUT2D eigenvalue weighted by Crippen LogP contribution is -2.35. The topological polar surface area (TPSA) is 63.2 Å². The molecule has 0 radical (unpaired) electrons. The van der Waals surface area contributed by atoms with Gasteiger partial charge >= 0.3 is 12.2 Å². The van der Waals surface area contributed by atoms with E-state index in [1.54, 1.807) is 24.5 Å². The van der Waals surface area contributed by atoms with Gasteiger partial charge in [0.15, 0.2) is 0 Å². The molecule has 1 unspecified atom stereocenters. The number of carbonyl (C=O) groups is 1. The van der Waals surface area contributed by atoms with Crippen molar-refractivity contribution in [3.05, 3.63) is 66.0 Å². The molecule has 2 heterocycles. The second-order valence-corrected chi connectivity index (χ2v) is 6.44. The van der Waals surface area contributed by atoms with Crippen molar-refractivity contribution in [2.24, 2.45) is 0 Å². The third kappa shape index (κ3) is 3.58. The Morgan fingerprint density at radius 1 is 1.18 bits per heavy atom. The lowest BCUT2D eigenvalue weighted by atomic mass is 9.98. The molecule has 0 fully saturated rings. The van der Waals surface area contributed by atoms with Gasteiger partial charge in [-0.2, -0.15) is 13.2 Å². The zero-order valence-electron chi connectivity index (χ0n) is 14.6. The summed E-state index contributed by atoms with van der Waals surface area (Å²) in [7, 11) is 0. The smallest absolute Gasteiger partial charge is 0.416 e. The van der Waals surface area contributed by atoms with E-state index >= 15 is 0 Å². The van der Waals surface area contributed by atoms with Gasteiger partial charge < -0.3 is 15.4 Å². The molecule has 1 aliphatic heterocycles. The number of nitrogens with one attached hydrogen (secondary N) is 2. The quantitative estimate of drug-likeness (QED) is 0.658. The highest BCUT2D eigenvalue weighted by molar-refractivity contribution is 6.01. The first-order chi connectivity index (χ1) is 13.4. The van der Waals surface area contributed by atoms with E-state index in [1.807, 2.05) is 12.1 Å². The van der Waals surface area contributed by atoms with Crippen LogP contribution in [0.5, 0.6) is 5.75 Å². The van der Waals surface area contributed by atoms with Crippen molar-refractivity contribution < 1.29 is 22.7 Å². The highest BCUT2D eigenvalue weighted by Crippen LogP contribution is 2.38. The Morgan fingerprint density at radius 3 is 2.86 bits per heavy atom. The molecule has 0 aliphatic carbocycles. The summed E-state index contributed by atoms with van der Waals surface area (Å²) >= 11 is 0. The third-order valence-corrected chi connectivity index (χ3v) is 4.61. The van der Waals surface area contributed by atoms with Gasteiger partial charge in [0, 0.05) is 35.2 Å². The summed E-state index contributed by atoms with van der Waals surface area (Å²) in [5, 5.41) is 7.35. The normalized spacial score (nSPS) is 16.2. The summed E-state index contributed by atoms with van der Waals surface area (Å²) in [6.45, 7) is 0.221. The van der Waals surface area contributed by atoms with Gasteiger partial charge in [0.05, 0.1) is 23.9 Å². The molecule has 0 saturated carbocycles.